The van der Waals surface area contributed by atoms with Gasteiger partial charge >= 0.3 is 5.97 Å². The molecular formula is C13H18ClN3O4. The molecule has 1 saturated heterocycles. The minimum atomic E-state index is -0.655. The Labute approximate surface area is 127 Å². The zero-order chi connectivity index (χ0) is 15.4. The fourth-order valence-corrected chi connectivity index (χ4v) is 2.38. The summed E-state index contributed by atoms with van der Waals surface area (Å²) in [6.45, 7) is 2.32. The SMILES string of the molecule is CCC(=O)Nc1c(C(=O)OC)nn(C2CCCCO2)c1Cl. The standard InChI is InChI=1S/C13H18ClN3O4/c1-3-8(18)15-10-11(13(19)20-2)16-17(12(10)14)9-6-4-5-7-21-9/h9H,3-7H2,1-2H3,(H,15,18). The highest BCUT2D eigenvalue weighted by Crippen LogP contribution is 2.33. The van der Waals surface area contributed by atoms with Gasteiger partial charge in [-0.15, -0.1) is 0 Å². The van der Waals surface area contributed by atoms with E-state index in [2.05, 4.69) is 15.2 Å². The van der Waals surface area contributed by atoms with Crippen molar-refractivity contribution >= 4 is 29.2 Å². The number of nitrogens with zero attached hydrogens (tertiary/aromatic N) is 2. The second kappa shape index (κ2) is 6.91. The molecule has 1 unspecified atom stereocenters. The first kappa shape index (κ1) is 15.8. The van der Waals surface area contributed by atoms with E-state index in [4.69, 9.17) is 16.3 Å². The van der Waals surface area contributed by atoms with Crippen LogP contribution in [-0.2, 0) is 14.3 Å². The number of carbonyl (C=O) groups is 2. The molecule has 1 amide bonds. The molecule has 0 aliphatic carbocycles. The van der Waals surface area contributed by atoms with Crippen LogP contribution in [0.3, 0.4) is 0 Å². The van der Waals surface area contributed by atoms with E-state index in [1.54, 1.807) is 6.92 Å². The van der Waals surface area contributed by atoms with Crippen LogP contribution in [0, 0.1) is 0 Å². The summed E-state index contributed by atoms with van der Waals surface area (Å²) >= 11 is 6.26. The number of ether oxygens (including phenoxy) is 2. The molecule has 1 fully saturated rings. The Kier molecular flexibility index (Phi) is 5.19. The Balaban J connectivity index is 2.38. The number of nitrogens with one attached hydrogen (secondary N) is 1. The topological polar surface area (TPSA) is 82.5 Å². The Morgan fingerprint density at radius 2 is 2.29 bits per heavy atom. The lowest BCUT2D eigenvalue weighted by Crippen LogP contribution is -2.19. The van der Waals surface area contributed by atoms with Gasteiger partial charge in [0.2, 0.25) is 5.91 Å². The van der Waals surface area contributed by atoms with Crippen LogP contribution in [0.1, 0.15) is 49.3 Å². The third kappa shape index (κ3) is 3.36. The average Bonchev–Trinajstić information content (AvgIpc) is 2.84. The van der Waals surface area contributed by atoms with Crippen LogP contribution < -0.4 is 5.32 Å². The lowest BCUT2D eigenvalue weighted by molar-refractivity contribution is -0.115. The van der Waals surface area contributed by atoms with Gasteiger partial charge in [-0.05, 0) is 19.3 Å². The van der Waals surface area contributed by atoms with E-state index in [0.717, 1.165) is 19.3 Å². The van der Waals surface area contributed by atoms with Crippen molar-refractivity contribution in [2.45, 2.75) is 38.8 Å². The van der Waals surface area contributed by atoms with Gasteiger partial charge in [0.1, 0.15) is 5.69 Å². The summed E-state index contributed by atoms with van der Waals surface area (Å²) in [6.07, 6.45) is 2.66. The van der Waals surface area contributed by atoms with E-state index in [-0.39, 0.29) is 35.1 Å². The molecule has 1 aliphatic rings. The molecule has 21 heavy (non-hydrogen) atoms. The molecular weight excluding hydrogens is 298 g/mol. The molecule has 1 aliphatic heterocycles. The molecule has 8 heteroatoms. The molecule has 1 aromatic heterocycles. The molecule has 116 valence electrons. The van der Waals surface area contributed by atoms with E-state index in [0.29, 0.717) is 6.61 Å². The highest BCUT2D eigenvalue weighted by Gasteiger charge is 2.28. The van der Waals surface area contributed by atoms with Gasteiger partial charge in [-0.2, -0.15) is 5.10 Å². The number of esters is 1. The zero-order valence-electron chi connectivity index (χ0n) is 12.0. The largest absolute Gasteiger partial charge is 0.464 e. The van der Waals surface area contributed by atoms with Crippen molar-refractivity contribution < 1.29 is 19.1 Å². The summed E-state index contributed by atoms with van der Waals surface area (Å²) in [5, 5.41) is 6.93. The Morgan fingerprint density at radius 3 is 2.86 bits per heavy atom. The number of methoxy groups -OCH3 is 1. The highest BCUT2D eigenvalue weighted by molar-refractivity contribution is 6.33. The molecule has 0 saturated carbocycles. The molecule has 0 radical (unpaired) electrons. The van der Waals surface area contributed by atoms with Crippen molar-refractivity contribution in [3.8, 4) is 0 Å². The van der Waals surface area contributed by atoms with Gasteiger partial charge in [0.05, 0.1) is 7.11 Å². The van der Waals surface area contributed by atoms with Crippen LogP contribution >= 0.6 is 11.6 Å². The second-order valence-corrected chi connectivity index (χ2v) is 5.03. The summed E-state index contributed by atoms with van der Waals surface area (Å²) in [5.74, 6) is -0.913. The van der Waals surface area contributed by atoms with Crippen molar-refractivity contribution in [3.05, 3.63) is 10.8 Å². The van der Waals surface area contributed by atoms with Crippen LogP contribution in [0.25, 0.3) is 0 Å². The van der Waals surface area contributed by atoms with Crippen molar-refractivity contribution in [3.63, 3.8) is 0 Å². The molecule has 0 spiro atoms. The van der Waals surface area contributed by atoms with Gasteiger partial charge in [-0.3, -0.25) is 4.79 Å². The first-order valence-corrected chi connectivity index (χ1v) is 7.24. The molecule has 0 aromatic carbocycles. The quantitative estimate of drug-likeness (QED) is 0.862. The molecule has 0 bridgehead atoms. The van der Waals surface area contributed by atoms with Crippen LogP contribution in [0.2, 0.25) is 5.15 Å². The van der Waals surface area contributed by atoms with Crippen molar-refractivity contribution in [1.29, 1.82) is 0 Å². The van der Waals surface area contributed by atoms with Gasteiger partial charge in [-0.25, -0.2) is 9.48 Å². The average molecular weight is 316 g/mol. The first-order chi connectivity index (χ1) is 10.1. The summed E-state index contributed by atoms with van der Waals surface area (Å²) in [7, 11) is 1.25. The van der Waals surface area contributed by atoms with E-state index in [9.17, 15) is 9.59 Å². The normalized spacial score (nSPS) is 18.3. The Bertz CT molecular complexity index is 538. The van der Waals surface area contributed by atoms with Crippen molar-refractivity contribution in [1.82, 2.24) is 9.78 Å². The lowest BCUT2D eigenvalue weighted by Gasteiger charge is -2.23. The van der Waals surface area contributed by atoms with Gasteiger partial charge in [0, 0.05) is 13.0 Å². The predicted octanol–water partition coefficient (Wildman–Crippen LogP) is 2.37. The predicted molar refractivity (Wildman–Crippen MR) is 76.3 cm³/mol. The first-order valence-electron chi connectivity index (χ1n) is 6.86. The minimum Gasteiger partial charge on any atom is -0.464 e. The molecule has 7 nitrogen and oxygen atoms in total. The lowest BCUT2D eigenvalue weighted by atomic mass is 10.2. The van der Waals surface area contributed by atoms with Crippen LogP contribution in [0.5, 0.6) is 0 Å². The number of rotatable bonds is 4. The van der Waals surface area contributed by atoms with Crippen molar-refractivity contribution in [2.75, 3.05) is 19.0 Å². The molecule has 2 heterocycles. The number of hydrogen-bond acceptors (Lipinski definition) is 5. The number of carbonyl (C=O) groups excluding carboxylic acids is 2. The second-order valence-electron chi connectivity index (χ2n) is 4.67. The number of halogens is 1. The van der Waals surface area contributed by atoms with Gasteiger partial charge in [0.15, 0.2) is 17.1 Å². The van der Waals surface area contributed by atoms with Crippen LogP contribution in [0.15, 0.2) is 0 Å². The van der Waals surface area contributed by atoms with E-state index in [1.807, 2.05) is 0 Å². The summed E-state index contributed by atoms with van der Waals surface area (Å²) in [4.78, 5) is 23.4. The van der Waals surface area contributed by atoms with Crippen LogP contribution in [0.4, 0.5) is 5.69 Å². The Hall–Kier alpha value is -1.60. The Morgan fingerprint density at radius 1 is 1.52 bits per heavy atom. The van der Waals surface area contributed by atoms with Crippen molar-refractivity contribution in [2.24, 2.45) is 0 Å². The number of amides is 1. The third-order valence-electron chi connectivity index (χ3n) is 3.24. The summed E-state index contributed by atoms with van der Waals surface area (Å²) in [6, 6.07) is 0. The van der Waals surface area contributed by atoms with E-state index < -0.39 is 5.97 Å². The maximum atomic E-state index is 11.8. The maximum Gasteiger partial charge on any atom is 0.360 e. The number of aromatic nitrogens is 2. The summed E-state index contributed by atoms with van der Waals surface area (Å²) in [5.41, 5.74) is 0.156. The number of anilines is 1. The molecule has 1 N–H and O–H groups in total. The van der Waals surface area contributed by atoms with E-state index in [1.165, 1.54) is 11.8 Å². The maximum absolute atomic E-state index is 11.8. The number of hydrogen-bond donors (Lipinski definition) is 1. The fraction of sp³-hybridized carbons (Fsp3) is 0.615. The molecule has 1 aromatic rings. The van der Waals surface area contributed by atoms with Gasteiger partial charge in [0.25, 0.3) is 0 Å². The van der Waals surface area contributed by atoms with Gasteiger partial charge < -0.3 is 14.8 Å². The fourth-order valence-electron chi connectivity index (χ4n) is 2.10. The third-order valence-corrected chi connectivity index (χ3v) is 3.61. The highest BCUT2D eigenvalue weighted by atomic mass is 35.5. The molecule has 1 atom stereocenters. The van der Waals surface area contributed by atoms with E-state index >= 15 is 0 Å². The summed E-state index contributed by atoms with van der Waals surface area (Å²) < 4.78 is 11.7. The zero-order valence-corrected chi connectivity index (χ0v) is 12.8. The minimum absolute atomic E-state index is 0.0153. The van der Waals surface area contributed by atoms with Gasteiger partial charge in [-0.1, -0.05) is 18.5 Å². The monoisotopic (exact) mass is 315 g/mol. The molecule has 2 rings (SSSR count). The van der Waals surface area contributed by atoms with Crippen LogP contribution in [-0.4, -0.2) is 35.4 Å². The smallest absolute Gasteiger partial charge is 0.360 e.